The fourth-order valence-electron chi connectivity index (χ4n) is 1.41. The number of piperazine rings is 1. The lowest BCUT2D eigenvalue weighted by atomic mass is 10.0. The van der Waals surface area contributed by atoms with Crippen LogP contribution in [0.4, 0.5) is 0 Å². The van der Waals surface area contributed by atoms with Crippen molar-refractivity contribution in [2.75, 3.05) is 19.6 Å². The van der Waals surface area contributed by atoms with Crippen LogP contribution in [0.2, 0.25) is 0 Å². The van der Waals surface area contributed by atoms with Crippen molar-refractivity contribution in [3.8, 4) is 0 Å². The van der Waals surface area contributed by atoms with Crippen LogP contribution < -0.4 is 5.32 Å². The van der Waals surface area contributed by atoms with E-state index in [4.69, 9.17) is 0 Å². The summed E-state index contributed by atoms with van der Waals surface area (Å²) in [6.07, 6.45) is 0. The second-order valence-corrected chi connectivity index (χ2v) is 3.60. The average molecular weight is 156 g/mol. The minimum atomic E-state index is 0.128. The van der Waals surface area contributed by atoms with Gasteiger partial charge in [0.25, 0.3) is 0 Å². The molecule has 1 fully saturated rings. The molecule has 0 aromatic carbocycles. The molecule has 3 nitrogen and oxygen atoms in total. The zero-order valence-corrected chi connectivity index (χ0v) is 7.48. The molecular formula is C8H16N2O. The fraction of sp³-hybridized carbons (Fsp3) is 0.875. The first-order valence-corrected chi connectivity index (χ1v) is 4.08. The van der Waals surface area contributed by atoms with Crippen LogP contribution in [0.3, 0.4) is 0 Å². The minimum Gasteiger partial charge on any atom is -0.353 e. The Morgan fingerprint density at radius 1 is 1.64 bits per heavy atom. The van der Waals surface area contributed by atoms with E-state index in [1.54, 1.807) is 0 Å². The molecule has 1 saturated heterocycles. The second kappa shape index (κ2) is 2.81. The van der Waals surface area contributed by atoms with Crippen molar-refractivity contribution in [1.82, 2.24) is 10.2 Å². The van der Waals surface area contributed by atoms with E-state index in [9.17, 15) is 4.79 Å². The van der Waals surface area contributed by atoms with Crippen molar-refractivity contribution in [3.63, 3.8) is 0 Å². The lowest BCUT2D eigenvalue weighted by Crippen LogP contribution is -2.60. The first-order valence-electron chi connectivity index (χ1n) is 4.08. The molecule has 0 spiro atoms. The summed E-state index contributed by atoms with van der Waals surface area (Å²) in [5.41, 5.74) is 0.128. The number of nitrogens with zero attached hydrogens (tertiary/aromatic N) is 1. The molecule has 0 aliphatic carbocycles. The monoisotopic (exact) mass is 156 g/mol. The first kappa shape index (κ1) is 8.53. The van der Waals surface area contributed by atoms with Crippen molar-refractivity contribution in [3.05, 3.63) is 0 Å². The summed E-state index contributed by atoms with van der Waals surface area (Å²) in [4.78, 5) is 13.2. The standard InChI is InChI=1S/C8H16N2O/c1-4-10-5-7(11)9-6-8(10,2)3/h4-6H2,1-3H3,(H,9,11). The maximum Gasteiger partial charge on any atom is 0.234 e. The third kappa shape index (κ3) is 1.71. The van der Waals surface area contributed by atoms with Crippen molar-refractivity contribution < 1.29 is 4.79 Å². The van der Waals surface area contributed by atoms with Gasteiger partial charge in [0.1, 0.15) is 0 Å². The number of carbonyl (C=O) groups excluding carboxylic acids is 1. The summed E-state index contributed by atoms with van der Waals surface area (Å²) in [5.74, 6) is 0.145. The zero-order chi connectivity index (χ0) is 8.48. The lowest BCUT2D eigenvalue weighted by Gasteiger charge is -2.41. The zero-order valence-electron chi connectivity index (χ0n) is 7.48. The predicted molar refractivity (Wildman–Crippen MR) is 44.3 cm³/mol. The second-order valence-electron chi connectivity index (χ2n) is 3.60. The SMILES string of the molecule is CCN1CC(=O)NCC1(C)C. The topological polar surface area (TPSA) is 32.3 Å². The Morgan fingerprint density at radius 3 is 2.73 bits per heavy atom. The van der Waals surface area contributed by atoms with Gasteiger partial charge in [-0.25, -0.2) is 0 Å². The van der Waals surface area contributed by atoms with Crippen LogP contribution in [0.5, 0.6) is 0 Å². The Balaban J connectivity index is 2.63. The van der Waals surface area contributed by atoms with Gasteiger partial charge in [0.15, 0.2) is 0 Å². The highest BCUT2D eigenvalue weighted by atomic mass is 16.2. The van der Waals surface area contributed by atoms with E-state index in [0.717, 1.165) is 13.1 Å². The first-order chi connectivity index (χ1) is 5.06. The highest BCUT2D eigenvalue weighted by Gasteiger charge is 2.31. The number of rotatable bonds is 1. The molecule has 0 aromatic rings. The summed E-state index contributed by atoms with van der Waals surface area (Å²) in [7, 11) is 0. The van der Waals surface area contributed by atoms with Crippen molar-refractivity contribution in [2.24, 2.45) is 0 Å². The van der Waals surface area contributed by atoms with Gasteiger partial charge in [-0.15, -0.1) is 0 Å². The Labute approximate surface area is 67.8 Å². The molecular weight excluding hydrogens is 140 g/mol. The Bertz CT molecular complexity index is 165. The van der Waals surface area contributed by atoms with Crippen molar-refractivity contribution in [1.29, 1.82) is 0 Å². The van der Waals surface area contributed by atoms with Crippen LogP contribution in [-0.2, 0) is 4.79 Å². The van der Waals surface area contributed by atoms with E-state index in [1.807, 2.05) is 0 Å². The molecule has 11 heavy (non-hydrogen) atoms. The number of amides is 1. The highest BCUT2D eigenvalue weighted by Crippen LogP contribution is 2.15. The third-order valence-corrected chi connectivity index (χ3v) is 2.29. The molecule has 0 radical (unpaired) electrons. The number of nitrogens with one attached hydrogen (secondary N) is 1. The van der Waals surface area contributed by atoms with Crippen LogP contribution in [0.25, 0.3) is 0 Å². The van der Waals surface area contributed by atoms with Gasteiger partial charge in [-0.2, -0.15) is 0 Å². The smallest absolute Gasteiger partial charge is 0.234 e. The van der Waals surface area contributed by atoms with Crippen molar-refractivity contribution >= 4 is 5.91 Å². The van der Waals surface area contributed by atoms with Gasteiger partial charge in [-0.3, -0.25) is 9.69 Å². The Hall–Kier alpha value is -0.570. The van der Waals surface area contributed by atoms with Gasteiger partial charge in [-0.05, 0) is 20.4 Å². The van der Waals surface area contributed by atoms with Crippen LogP contribution in [0.1, 0.15) is 20.8 Å². The predicted octanol–water partition coefficient (Wildman–Crippen LogP) is 0.217. The summed E-state index contributed by atoms with van der Waals surface area (Å²) < 4.78 is 0. The highest BCUT2D eigenvalue weighted by molar-refractivity contribution is 5.79. The minimum absolute atomic E-state index is 0.128. The number of hydrogen-bond acceptors (Lipinski definition) is 2. The molecule has 1 aliphatic rings. The van der Waals surface area contributed by atoms with E-state index >= 15 is 0 Å². The maximum atomic E-state index is 11.0. The Morgan fingerprint density at radius 2 is 2.27 bits per heavy atom. The van der Waals surface area contributed by atoms with Gasteiger partial charge in [-0.1, -0.05) is 6.92 Å². The molecule has 3 heteroatoms. The summed E-state index contributed by atoms with van der Waals surface area (Å²) in [6, 6.07) is 0. The van der Waals surface area contributed by atoms with E-state index in [0.29, 0.717) is 6.54 Å². The number of hydrogen-bond donors (Lipinski definition) is 1. The third-order valence-electron chi connectivity index (χ3n) is 2.29. The average Bonchev–Trinajstić information content (AvgIpc) is 1.94. The quantitative estimate of drug-likeness (QED) is 0.589. The molecule has 0 aromatic heterocycles. The van der Waals surface area contributed by atoms with E-state index in [2.05, 4.69) is 31.0 Å². The molecule has 1 amide bonds. The number of likely N-dealkylation sites (N-methyl/N-ethyl adjacent to an activating group) is 1. The molecule has 0 atom stereocenters. The lowest BCUT2D eigenvalue weighted by molar-refractivity contribution is -0.127. The normalized spacial score (nSPS) is 24.8. The maximum absolute atomic E-state index is 11.0. The van der Waals surface area contributed by atoms with E-state index in [1.165, 1.54) is 0 Å². The van der Waals surface area contributed by atoms with Gasteiger partial charge in [0.2, 0.25) is 5.91 Å². The molecule has 1 rings (SSSR count). The fourth-order valence-corrected chi connectivity index (χ4v) is 1.41. The molecule has 0 saturated carbocycles. The molecule has 0 bridgehead atoms. The largest absolute Gasteiger partial charge is 0.353 e. The van der Waals surface area contributed by atoms with Gasteiger partial charge in [0.05, 0.1) is 6.54 Å². The summed E-state index contributed by atoms with van der Waals surface area (Å²) in [5, 5.41) is 2.86. The van der Waals surface area contributed by atoms with Gasteiger partial charge in [0, 0.05) is 12.1 Å². The van der Waals surface area contributed by atoms with Crippen LogP contribution in [0.15, 0.2) is 0 Å². The van der Waals surface area contributed by atoms with Gasteiger partial charge >= 0.3 is 0 Å². The van der Waals surface area contributed by atoms with Gasteiger partial charge < -0.3 is 5.32 Å². The van der Waals surface area contributed by atoms with Crippen LogP contribution in [0, 0.1) is 0 Å². The summed E-state index contributed by atoms with van der Waals surface area (Å²) in [6.45, 7) is 8.63. The summed E-state index contributed by atoms with van der Waals surface area (Å²) >= 11 is 0. The Kier molecular flexibility index (Phi) is 2.18. The van der Waals surface area contributed by atoms with E-state index in [-0.39, 0.29) is 11.4 Å². The molecule has 1 N–H and O–H groups in total. The van der Waals surface area contributed by atoms with Crippen molar-refractivity contribution in [2.45, 2.75) is 26.3 Å². The van der Waals surface area contributed by atoms with Crippen LogP contribution >= 0.6 is 0 Å². The molecule has 0 unspecified atom stereocenters. The molecule has 64 valence electrons. The van der Waals surface area contributed by atoms with Crippen LogP contribution in [-0.4, -0.2) is 36.0 Å². The van der Waals surface area contributed by atoms with E-state index < -0.39 is 0 Å². The number of carbonyl (C=O) groups is 1. The molecule has 1 aliphatic heterocycles. The molecule has 1 heterocycles.